The lowest BCUT2D eigenvalue weighted by Crippen LogP contribution is -2.46. The molecule has 1 fully saturated rings. The third-order valence-corrected chi connectivity index (χ3v) is 3.37. The second-order valence-corrected chi connectivity index (χ2v) is 5.29. The lowest BCUT2D eigenvalue weighted by atomic mass is 9.94. The van der Waals surface area contributed by atoms with E-state index in [2.05, 4.69) is 0 Å². The Labute approximate surface area is 109 Å². The first-order valence-corrected chi connectivity index (χ1v) is 6.13. The van der Waals surface area contributed by atoms with Gasteiger partial charge in [-0.2, -0.15) is 13.2 Å². The van der Waals surface area contributed by atoms with Crippen molar-refractivity contribution in [3.05, 3.63) is 23.8 Å². The van der Waals surface area contributed by atoms with Crippen molar-refractivity contribution in [2.75, 3.05) is 23.7 Å². The molecule has 106 valence electrons. The van der Waals surface area contributed by atoms with Gasteiger partial charge in [0.1, 0.15) is 0 Å². The maximum Gasteiger partial charge on any atom is 0.416 e. The number of hydrogen-bond donors (Lipinski definition) is 2. The Balaban J connectivity index is 2.26. The summed E-state index contributed by atoms with van der Waals surface area (Å²) < 4.78 is 37.7. The highest BCUT2D eigenvalue weighted by molar-refractivity contribution is 5.69. The van der Waals surface area contributed by atoms with Crippen molar-refractivity contribution in [2.45, 2.75) is 31.5 Å². The molecule has 1 atom stereocenters. The molecule has 1 aromatic carbocycles. The summed E-state index contributed by atoms with van der Waals surface area (Å²) in [5.41, 5.74) is 4.78. The van der Waals surface area contributed by atoms with Crippen LogP contribution in [0.25, 0.3) is 0 Å². The van der Waals surface area contributed by atoms with Crippen LogP contribution in [-0.2, 0) is 6.18 Å². The number of hydrogen-bond acceptors (Lipinski definition) is 3. The van der Waals surface area contributed by atoms with Gasteiger partial charge in [0.15, 0.2) is 0 Å². The minimum atomic E-state index is -4.39. The number of β-amino-alcohol motifs (C(OH)–C–C–N with tert-alkyl or cyclic N) is 1. The molecular formula is C13H17F3N2O. The topological polar surface area (TPSA) is 49.5 Å². The number of piperidine rings is 1. The summed E-state index contributed by atoms with van der Waals surface area (Å²) in [4.78, 5) is 1.83. The molecule has 1 aliphatic rings. The fourth-order valence-corrected chi connectivity index (χ4v) is 2.44. The van der Waals surface area contributed by atoms with Crippen molar-refractivity contribution >= 4 is 11.4 Å². The van der Waals surface area contributed by atoms with Gasteiger partial charge in [0, 0.05) is 13.1 Å². The van der Waals surface area contributed by atoms with Gasteiger partial charge in [0.05, 0.1) is 22.5 Å². The van der Waals surface area contributed by atoms with Crippen LogP contribution in [0, 0.1) is 0 Å². The normalized spacial score (nSPS) is 24.6. The zero-order valence-corrected chi connectivity index (χ0v) is 10.7. The summed E-state index contributed by atoms with van der Waals surface area (Å²) in [5, 5.41) is 10.0. The van der Waals surface area contributed by atoms with Gasteiger partial charge in [-0.1, -0.05) is 0 Å². The largest absolute Gasteiger partial charge is 0.416 e. The third-order valence-electron chi connectivity index (χ3n) is 3.37. The number of benzene rings is 1. The highest BCUT2D eigenvalue weighted by atomic mass is 19.4. The second kappa shape index (κ2) is 4.59. The standard InChI is InChI=1S/C13H17F3N2O/c1-12(19)5-2-6-18(8-12)11-4-3-9(7-10(11)17)13(14,15)16/h3-4,7,19H,2,5-6,8,17H2,1H3. The van der Waals surface area contributed by atoms with Crippen molar-refractivity contribution in [3.8, 4) is 0 Å². The Bertz CT molecular complexity index is 471. The van der Waals surface area contributed by atoms with Gasteiger partial charge in [-0.05, 0) is 38.0 Å². The predicted molar refractivity (Wildman–Crippen MR) is 67.9 cm³/mol. The Kier molecular flexibility index (Phi) is 3.38. The van der Waals surface area contributed by atoms with Crippen molar-refractivity contribution < 1.29 is 18.3 Å². The fourth-order valence-electron chi connectivity index (χ4n) is 2.44. The highest BCUT2D eigenvalue weighted by Gasteiger charge is 2.33. The van der Waals surface area contributed by atoms with Gasteiger partial charge in [0.25, 0.3) is 0 Å². The molecule has 0 aromatic heterocycles. The summed E-state index contributed by atoms with van der Waals surface area (Å²) in [6.07, 6.45) is -2.92. The highest BCUT2D eigenvalue weighted by Crippen LogP contribution is 2.35. The average Bonchev–Trinajstić information content (AvgIpc) is 2.26. The summed E-state index contributed by atoms with van der Waals surface area (Å²) >= 11 is 0. The number of anilines is 2. The first-order chi connectivity index (χ1) is 8.69. The number of rotatable bonds is 1. The lowest BCUT2D eigenvalue weighted by Gasteiger charge is -2.38. The van der Waals surface area contributed by atoms with Gasteiger partial charge in [-0.15, -0.1) is 0 Å². The van der Waals surface area contributed by atoms with Crippen LogP contribution in [0.15, 0.2) is 18.2 Å². The summed E-state index contributed by atoms with van der Waals surface area (Å²) in [6, 6.07) is 3.34. The van der Waals surface area contributed by atoms with Gasteiger partial charge >= 0.3 is 6.18 Å². The van der Waals surface area contributed by atoms with E-state index in [4.69, 9.17) is 5.73 Å². The van der Waals surface area contributed by atoms with Crippen LogP contribution in [0.2, 0.25) is 0 Å². The molecule has 0 amide bonds. The van der Waals surface area contributed by atoms with Crippen LogP contribution in [0.1, 0.15) is 25.3 Å². The molecule has 1 aliphatic heterocycles. The number of nitrogen functional groups attached to an aromatic ring is 1. The predicted octanol–water partition coefficient (Wildman–Crippen LogP) is 2.64. The molecule has 1 unspecified atom stereocenters. The first kappa shape index (κ1) is 14.0. The smallest absolute Gasteiger partial charge is 0.397 e. The van der Waals surface area contributed by atoms with E-state index in [-0.39, 0.29) is 5.69 Å². The molecule has 0 bridgehead atoms. The van der Waals surface area contributed by atoms with Crippen molar-refractivity contribution in [2.24, 2.45) is 0 Å². The molecule has 3 nitrogen and oxygen atoms in total. The fraction of sp³-hybridized carbons (Fsp3) is 0.538. The van der Waals surface area contributed by atoms with Crippen LogP contribution in [0.4, 0.5) is 24.5 Å². The van der Waals surface area contributed by atoms with E-state index in [1.54, 1.807) is 6.92 Å². The molecule has 1 saturated heterocycles. The number of nitrogens with two attached hydrogens (primary N) is 1. The quantitative estimate of drug-likeness (QED) is 0.774. The second-order valence-electron chi connectivity index (χ2n) is 5.29. The molecule has 1 heterocycles. The zero-order valence-electron chi connectivity index (χ0n) is 10.7. The molecular weight excluding hydrogens is 257 g/mol. The van der Waals surface area contributed by atoms with Crippen LogP contribution in [0.5, 0.6) is 0 Å². The van der Waals surface area contributed by atoms with E-state index in [1.165, 1.54) is 6.07 Å². The summed E-state index contributed by atoms with van der Waals surface area (Å²) in [6.45, 7) is 2.79. The van der Waals surface area contributed by atoms with Gasteiger partial charge in [-0.25, -0.2) is 0 Å². The van der Waals surface area contributed by atoms with Gasteiger partial charge in [0.2, 0.25) is 0 Å². The van der Waals surface area contributed by atoms with Crippen molar-refractivity contribution in [1.29, 1.82) is 0 Å². The molecule has 0 saturated carbocycles. The van der Waals surface area contributed by atoms with E-state index in [0.717, 1.165) is 18.6 Å². The Morgan fingerprint density at radius 1 is 1.37 bits per heavy atom. The molecule has 1 aromatic rings. The maximum atomic E-state index is 12.6. The number of alkyl halides is 3. The molecule has 3 N–H and O–H groups in total. The van der Waals surface area contributed by atoms with Gasteiger partial charge in [-0.3, -0.25) is 0 Å². The first-order valence-electron chi connectivity index (χ1n) is 6.13. The maximum absolute atomic E-state index is 12.6. The third kappa shape index (κ3) is 3.12. The molecule has 0 aliphatic carbocycles. The SMILES string of the molecule is CC1(O)CCCN(c2ccc(C(F)(F)F)cc2N)C1. The summed E-state index contributed by atoms with van der Waals surface area (Å²) in [5.74, 6) is 0. The van der Waals surface area contributed by atoms with E-state index < -0.39 is 17.3 Å². The van der Waals surface area contributed by atoms with Crippen molar-refractivity contribution in [3.63, 3.8) is 0 Å². The van der Waals surface area contributed by atoms with Crippen molar-refractivity contribution in [1.82, 2.24) is 0 Å². The zero-order chi connectivity index (χ0) is 14.3. The Morgan fingerprint density at radius 2 is 2.05 bits per heavy atom. The summed E-state index contributed by atoms with van der Waals surface area (Å²) in [7, 11) is 0. The van der Waals surface area contributed by atoms with Crippen LogP contribution < -0.4 is 10.6 Å². The minimum Gasteiger partial charge on any atom is -0.397 e. The monoisotopic (exact) mass is 274 g/mol. The molecule has 0 radical (unpaired) electrons. The average molecular weight is 274 g/mol. The number of aliphatic hydroxyl groups is 1. The minimum absolute atomic E-state index is 0.0903. The van der Waals surface area contributed by atoms with Gasteiger partial charge < -0.3 is 15.7 Å². The van der Waals surface area contributed by atoms with E-state index >= 15 is 0 Å². The Morgan fingerprint density at radius 3 is 2.58 bits per heavy atom. The number of nitrogens with zero attached hydrogens (tertiary/aromatic N) is 1. The van der Waals surface area contributed by atoms with Crippen LogP contribution in [-0.4, -0.2) is 23.8 Å². The van der Waals surface area contributed by atoms with Crippen LogP contribution in [0.3, 0.4) is 0 Å². The Hall–Kier alpha value is -1.43. The van der Waals surface area contributed by atoms with E-state index in [9.17, 15) is 18.3 Å². The molecule has 6 heteroatoms. The molecule has 2 rings (SSSR count). The lowest BCUT2D eigenvalue weighted by molar-refractivity contribution is -0.137. The van der Waals surface area contributed by atoms with Crippen LogP contribution >= 0.6 is 0 Å². The molecule has 19 heavy (non-hydrogen) atoms. The van der Waals surface area contributed by atoms with E-state index in [0.29, 0.717) is 25.2 Å². The molecule has 0 spiro atoms. The number of halogens is 3. The van der Waals surface area contributed by atoms with E-state index in [1.807, 2.05) is 4.90 Å².